The molecule has 3 heterocycles. The standard InChI is InChI=1S/C6H14N2.C5H12N2.C5H11N.3C2H6/c1-7-3-5-8(2)6-4-7;1-7-4-2-6-3-5-7;1-6-4-2-3-5-6;3*1-2/h3-6H2,1-2H3;6H,2-5H2,1H3;2-5H2,1H3;3*1-2H3. The second-order valence-electron chi connectivity index (χ2n) is 6.67. The average Bonchev–Trinajstić information content (AvgIpc) is 3.21. The highest BCUT2D eigenvalue weighted by Gasteiger charge is 2.07. The van der Waals surface area contributed by atoms with Crippen molar-refractivity contribution >= 4 is 0 Å². The van der Waals surface area contributed by atoms with Gasteiger partial charge >= 0.3 is 0 Å². The zero-order valence-electron chi connectivity index (χ0n) is 20.8. The van der Waals surface area contributed by atoms with Gasteiger partial charge in [-0.25, -0.2) is 0 Å². The van der Waals surface area contributed by atoms with E-state index >= 15 is 0 Å². The van der Waals surface area contributed by atoms with Crippen molar-refractivity contribution in [2.24, 2.45) is 0 Å². The topological polar surface area (TPSA) is 25.0 Å². The minimum absolute atomic E-state index is 1.16. The third-order valence-corrected chi connectivity index (χ3v) is 4.40. The highest BCUT2D eigenvalue weighted by molar-refractivity contribution is 4.64. The molecule has 0 spiro atoms. The first-order chi connectivity index (χ1) is 13.1. The van der Waals surface area contributed by atoms with Crippen LogP contribution in [0.5, 0.6) is 0 Å². The average molecular weight is 390 g/mol. The summed E-state index contributed by atoms with van der Waals surface area (Å²) >= 11 is 0. The Bertz CT molecular complexity index is 221. The molecule has 3 aliphatic heterocycles. The Labute approximate surface area is 173 Å². The Balaban J connectivity index is -0.000000282. The van der Waals surface area contributed by atoms with Gasteiger partial charge in [0, 0.05) is 52.4 Å². The van der Waals surface area contributed by atoms with Crippen LogP contribution in [-0.2, 0) is 0 Å². The summed E-state index contributed by atoms with van der Waals surface area (Å²) in [5, 5.41) is 3.27. The number of hydrogen-bond donors (Lipinski definition) is 1. The lowest BCUT2D eigenvalue weighted by Crippen LogP contribution is -2.42. The number of nitrogens with one attached hydrogen (secondary N) is 1. The zero-order valence-corrected chi connectivity index (χ0v) is 20.8. The molecule has 0 saturated carbocycles. The van der Waals surface area contributed by atoms with Gasteiger partial charge < -0.3 is 24.9 Å². The van der Waals surface area contributed by atoms with Crippen LogP contribution in [0.25, 0.3) is 0 Å². The molecule has 0 aromatic heterocycles. The molecule has 0 amide bonds. The zero-order chi connectivity index (χ0) is 21.5. The van der Waals surface area contributed by atoms with E-state index in [4.69, 9.17) is 0 Å². The van der Waals surface area contributed by atoms with Gasteiger partial charge in [0.1, 0.15) is 0 Å². The maximum Gasteiger partial charge on any atom is 0.0107 e. The highest BCUT2D eigenvalue weighted by Crippen LogP contribution is 2.02. The Kier molecular flexibility index (Phi) is 30.1. The van der Waals surface area contributed by atoms with Gasteiger partial charge in [-0.2, -0.15) is 0 Å². The molecule has 5 heteroatoms. The van der Waals surface area contributed by atoms with Crippen LogP contribution in [0.2, 0.25) is 0 Å². The smallest absolute Gasteiger partial charge is 0.0107 e. The third-order valence-electron chi connectivity index (χ3n) is 4.40. The van der Waals surface area contributed by atoms with E-state index < -0.39 is 0 Å². The van der Waals surface area contributed by atoms with E-state index in [-0.39, 0.29) is 0 Å². The predicted molar refractivity (Wildman–Crippen MR) is 126 cm³/mol. The molecule has 0 bridgehead atoms. The summed E-state index contributed by atoms with van der Waals surface area (Å²) in [4.78, 5) is 9.41. The number of nitrogens with zero attached hydrogens (tertiary/aromatic N) is 4. The maximum absolute atomic E-state index is 3.27. The fourth-order valence-corrected chi connectivity index (χ4v) is 2.56. The van der Waals surface area contributed by atoms with Gasteiger partial charge in [0.25, 0.3) is 0 Å². The van der Waals surface area contributed by atoms with Gasteiger partial charge in [-0.1, -0.05) is 41.5 Å². The fourth-order valence-electron chi connectivity index (χ4n) is 2.56. The molecule has 0 atom stereocenters. The SMILES string of the molecule is CC.CC.CC.CN1CCCC1.CN1CCN(C)CC1.CN1CCNCC1. The molecule has 0 aromatic carbocycles. The summed E-state index contributed by atoms with van der Waals surface area (Å²) in [6.45, 7) is 24.3. The van der Waals surface area contributed by atoms with Crippen molar-refractivity contribution in [1.29, 1.82) is 0 Å². The van der Waals surface area contributed by atoms with Crippen molar-refractivity contribution in [1.82, 2.24) is 24.9 Å². The minimum atomic E-state index is 1.16. The Morgan fingerprint density at radius 2 is 0.667 bits per heavy atom. The molecule has 1 N–H and O–H groups in total. The molecule has 0 unspecified atom stereocenters. The molecule has 3 fully saturated rings. The van der Waals surface area contributed by atoms with Crippen molar-refractivity contribution in [3.63, 3.8) is 0 Å². The van der Waals surface area contributed by atoms with Crippen LogP contribution in [0.3, 0.4) is 0 Å². The first kappa shape index (κ1) is 31.5. The first-order valence-electron chi connectivity index (χ1n) is 11.5. The molecular formula is C22H55N5. The van der Waals surface area contributed by atoms with Crippen LogP contribution < -0.4 is 5.32 Å². The summed E-state index contributed by atoms with van der Waals surface area (Å²) in [6, 6.07) is 0. The molecule has 0 aliphatic carbocycles. The van der Waals surface area contributed by atoms with Crippen molar-refractivity contribution in [3.05, 3.63) is 0 Å². The van der Waals surface area contributed by atoms with Gasteiger partial charge in [0.15, 0.2) is 0 Å². The molecule has 168 valence electrons. The molecule has 3 aliphatic rings. The number of rotatable bonds is 0. The Morgan fingerprint density at radius 3 is 0.852 bits per heavy atom. The largest absolute Gasteiger partial charge is 0.314 e. The van der Waals surface area contributed by atoms with Gasteiger partial charge in [0.05, 0.1) is 0 Å². The maximum atomic E-state index is 3.27. The second-order valence-corrected chi connectivity index (χ2v) is 6.67. The number of likely N-dealkylation sites (N-methyl/N-ethyl adjacent to an activating group) is 3. The highest BCUT2D eigenvalue weighted by atomic mass is 15.2. The van der Waals surface area contributed by atoms with Crippen LogP contribution in [0.1, 0.15) is 54.4 Å². The second kappa shape index (κ2) is 25.8. The summed E-state index contributed by atoms with van der Waals surface area (Å²) < 4.78 is 0. The third kappa shape index (κ3) is 23.8. The lowest BCUT2D eigenvalue weighted by Gasteiger charge is -2.28. The quantitative estimate of drug-likeness (QED) is 0.686. The molecule has 0 aromatic rings. The van der Waals surface area contributed by atoms with Crippen molar-refractivity contribution in [2.75, 3.05) is 93.6 Å². The van der Waals surface area contributed by atoms with Gasteiger partial charge in [0.2, 0.25) is 0 Å². The van der Waals surface area contributed by atoms with Crippen molar-refractivity contribution < 1.29 is 0 Å². The van der Waals surface area contributed by atoms with E-state index in [1.165, 1.54) is 65.2 Å². The Hall–Kier alpha value is -0.200. The molecule has 3 saturated heterocycles. The minimum Gasteiger partial charge on any atom is -0.314 e. The lowest BCUT2D eigenvalue weighted by atomic mass is 10.4. The van der Waals surface area contributed by atoms with Crippen LogP contribution >= 0.6 is 0 Å². The predicted octanol–water partition coefficient (Wildman–Crippen LogP) is 3.18. The molecule has 5 nitrogen and oxygen atoms in total. The van der Waals surface area contributed by atoms with E-state index in [0.717, 1.165) is 13.1 Å². The molecule has 3 rings (SSSR count). The van der Waals surface area contributed by atoms with Gasteiger partial charge in [-0.15, -0.1) is 0 Å². The number of likely N-dealkylation sites (tertiary alicyclic amines) is 1. The summed E-state index contributed by atoms with van der Waals surface area (Å²) in [7, 11) is 8.67. The van der Waals surface area contributed by atoms with E-state index in [1.807, 2.05) is 41.5 Å². The van der Waals surface area contributed by atoms with Gasteiger partial charge in [-0.3, -0.25) is 0 Å². The van der Waals surface area contributed by atoms with Gasteiger partial charge in [-0.05, 0) is 54.1 Å². The van der Waals surface area contributed by atoms with E-state index in [1.54, 1.807) is 0 Å². The van der Waals surface area contributed by atoms with Crippen LogP contribution in [0.15, 0.2) is 0 Å². The number of piperazine rings is 2. The van der Waals surface area contributed by atoms with E-state index in [2.05, 4.69) is 53.1 Å². The fraction of sp³-hybridized carbons (Fsp3) is 1.00. The number of hydrogen-bond acceptors (Lipinski definition) is 5. The normalized spacial score (nSPS) is 20.7. The molecular weight excluding hydrogens is 334 g/mol. The molecule has 0 radical (unpaired) electrons. The van der Waals surface area contributed by atoms with Crippen molar-refractivity contribution in [2.45, 2.75) is 54.4 Å². The van der Waals surface area contributed by atoms with E-state index in [0.29, 0.717) is 0 Å². The van der Waals surface area contributed by atoms with Crippen LogP contribution in [-0.4, -0.2) is 113 Å². The monoisotopic (exact) mass is 389 g/mol. The Morgan fingerprint density at radius 1 is 0.407 bits per heavy atom. The molecule has 27 heavy (non-hydrogen) atoms. The lowest BCUT2D eigenvalue weighted by molar-refractivity contribution is 0.181. The van der Waals surface area contributed by atoms with Crippen molar-refractivity contribution in [3.8, 4) is 0 Å². The summed E-state index contributed by atoms with van der Waals surface area (Å²) in [5.74, 6) is 0. The summed E-state index contributed by atoms with van der Waals surface area (Å²) in [5.41, 5.74) is 0. The first-order valence-corrected chi connectivity index (χ1v) is 11.5. The summed E-state index contributed by atoms with van der Waals surface area (Å²) in [6.07, 6.45) is 2.83. The van der Waals surface area contributed by atoms with Crippen LogP contribution in [0.4, 0.5) is 0 Å². The van der Waals surface area contributed by atoms with Crippen LogP contribution in [0, 0.1) is 0 Å². The van der Waals surface area contributed by atoms with E-state index in [9.17, 15) is 0 Å².